The second-order valence-electron chi connectivity index (χ2n) is 2.96. The Bertz CT molecular complexity index is 455. The van der Waals surface area contributed by atoms with Gasteiger partial charge in [0, 0.05) is 15.3 Å². The molecule has 0 spiro atoms. The van der Waals surface area contributed by atoms with E-state index in [1.165, 1.54) is 9.90 Å². The van der Waals surface area contributed by atoms with Gasteiger partial charge in [0.25, 0.3) is 0 Å². The minimum Gasteiger partial charge on any atom is -0.384 e. The highest BCUT2D eigenvalue weighted by atomic mass is 127. The Morgan fingerprint density at radius 3 is 2.53 bits per heavy atom. The number of nitrogens with two attached hydrogens (primary N) is 1. The molecule has 0 aliphatic rings. The molecule has 0 radical (unpaired) electrons. The van der Waals surface area contributed by atoms with Crippen molar-refractivity contribution in [3.63, 3.8) is 0 Å². The van der Waals surface area contributed by atoms with E-state index in [1.54, 1.807) is 6.07 Å². The lowest BCUT2D eigenvalue weighted by molar-refractivity contribution is 1.18. The summed E-state index contributed by atoms with van der Waals surface area (Å²) < 4.78 is 1.19. The fourth-order valence-corrected chi connectivity index (χ4v) is 1.48. The van der Waals surface area contributed by atoms with Gasteiger partial charge in [-0.1, -0.05) is 0 Å². The largest absolute Gasteiger partial charge is 0.384 e. The molecule has 1 aromatic carbocycles. The monoisotopic (exact) mass is 312 g/mol. The smallest absolute Gasteiger partial charge is 0.135 e. The summed E-state index contributed by atoms with van der Waals surface area (Å²) in [5.41, 5.74) is 6.52. The molecule has 15 heavy (non-hydrogen) atoms. The first-order valence-electron chi connectivity index (χ1n) is 4.34. The number of halogens is 1. The Labute approximate surface area is 101 Å². The quantitative estimate of drug-likeness (QED) is 0.836. The van der Waals surface area contributed by atoms with Gasteiger partial charge in [-0.15, -0.1) is 0 Å². The first kappa shape index (κ1) is 10.2. The van der Waals surface area contributed by atoms with E-state index in [2.05, 4.69) is 37.9 Å². The molecular weight excluding hydrogens is 303 g/mol. The van der Waals surface area contributed by atoms with E-state index in [-0.39, 0.29) is 0 Å². The molecule has 1 aromatic heterocycles. The molecule has 0 unspecified atom stereocenters. The van der Waals surface area contributed by atoms with E-state index >= 15 is 0 Å². The number of aromatic nitrogens is 2. The number of anilines is 3. The summed E-state index contributed by atoms with van der Waals surface area (Å²) in [6.45, 7) is 0. The van der Waals surface area contributed by atoms with Gasteiger partial charge in [0.15, 0.2) is 0 Å². The highest BCUT2D eigenvalue weighted by molar-refractivity contribution is 14.1. The molecule has 0 bridgehead atoms. The summed E-state index contributed by atoms with van der Waals surface area (Å²) in [5, 5.41) is 3.14. The highest BCUT2D eigenvalue weighted by Crippen LogP contribution is 2.16. The lowest BCUT2D eigenvalue weighted by Gasteiger charge is -2.05. The van der Waals surface area contributed by atoms with Crippen molar-refractivity contribution in [3.8, 4) is 0 Å². The van der Waals surface area contributed by atoms with Crippen LogP contribution in [0, 0.1) is 3.57 Å². The van der Waals surface area contributed by atoms with E-state index in [0.717, 1.165) is 5.69 Å². The third-order valence-corrected chi connectivity index (χ3v) is 2.52. The second-order valence-corrected chi connectivity index (χ2v) is 4.21. The van der Waals surface area contributed by atoms with E-state index in [0.29, 0.717) is 11.6 Å². The van der Waals surface area contributed by atoms with Crippen LogP contribution in [0.2, 0.25) is 0 Å². The molecule has 76 valence electrons. The molecule has 0 fully saturated rings. The molecule has 1 heterocycles. The van der Waals surface area contributed by atoms with Gasteiger partial charge in [-0.25, -0.2) is 9.97 Å². The van der Waals surface area contributed by atoms with Gasteiger partial charge in [-0.05, 0) is 46.9 Å². The van der Waals surface area contributed by atoms with Crippen molar-refractivity contribution in [2.45, 2.75) is 0 Å². The number of rotatable bonds is 2. The number of benzene rings is 1. The molecule has 0 saturated carbocycles. The number of hydrogen-bond donors (Lipinski definition) is 2. The molecule has 3 N–H and O–H groups in total. The van der Waals surface area contributed by atoms with Crippen LogP contribution in [0.25, 0.3) is 0 Å². The van der Waals surface area contributed by atoms with Crippen LogP contribution in [0.4, 0.5) is 17.3 Å². The molecule has 0 aliphatic carbocycles. The molecular formula is C10H9IN4. The SMILES string of the molecule is Nc1cc(Nc2ccc(I)cc2)ncn1. The molecule has 5 heteroatoms. The predicted octanol–water partition coefficient (Wildman–Crippen LogP) is 2.41. The Kier molecular flexibility index (Phi) is 3.00. The van der Waals surface area contributed by atoms with Crippen molar-refractivity contribution in [2.24, 2.45) is 0 Å². The number of nitrogens with one attached hydrogen (secondary N) is 1. The summed E-state index contributed by atoms with van der Waals surface area (Å²) in [7, 11) is 0. The summed E-state index contributed by atoms with van der Waals surface area (Å²) in [6, 6.07) is 9.71. The standard InChI is InChI=1S/C10H9IN4/c11-7-1-3-8(4-2-7)15-10-5-9(12)13-6-14-10/h1-6H,(H3,12,13,14,15). The van der Waals surface area contributed by atoms with Crippen LogP contribution in [-0.2, 0) is 0 Å². The van der Waals surface area contributed by atoms with Gasteiger partial charge < -0.3 is 11.1 Å². The van der Waals surface area contributed by atoms with Crippen LogP contribution in [0.1, 0.15) is 0 Å². The van der Waals surface area contributed by atoms with Gasteiger partial charge in [-0.3, -0.25) is 0 Å². The normalized spacial score (nSPS) is 9.93. The van der Waals surface area contributed by atoms with Crippen molar-refractivity contribution in [1.82, 2.24) is 9.97 Å². The topological polar surface area (TPSA) is 63.8 Å². The Morgan fingerprint density at radius 1 is 1.13 bits per heavy atom. The third-order valence-electron chi connectivity index (χ3n) is 1.80. The fourth-order valence-electron chi connectivity index (χ4n) is 1.12. The van der Waals surface area contributed by atoms with Gasteiger partial charge in [0.2, 0.25) is 0 Å². The van der Waals surface area contributed by atoms with Crippen molar-refractivity contribution in [2.75, 3.05) is 11.1 Å². The van der Waals surface area contributed by atoms with E-state index in [9.17, 15) is 0 Å². The third kappa shape index (κ3) is 2.79. The maximum Gasteiger partial charge on any atom is 0.135 e. The molecule has 2 rings (SSSR count). The predicted molar refractivity (Wildman–Crippen MR) is 68.9 cm³/mol. The zero-order chi connectivity index (χ0) is 10.7. The van der Waals surface area contributed by atoms with Gasteiger partial charge in [0.1, 0.15) is 18.0 Å². The van der Waals surface area contributed by atoms with E-state index in [4.69, 9.17) is 5.73 Å². The molecule has 4 nitrogen and oxygen atoms in total. The van der Waals surface area contributed by atoms with Crippen LogP contribution in [0.3, 0.4) is 0 Å². The highest BCUT2D eigenvalue weighted by Gasteiger charge is 1.96. The van der Waals surface area contributed by atoms with Gasteiger partial charge >= 0.3 is 0 Å². The van der Waals surface area contributed by atoms with Crippen molar-refractivity contribution >= 4 is 39.9 Å². The van der Waals surface area contributed by atoms with Crippen molar-refractivity contribution in [1.29, 1.82) is 0 Å². The summed E-state index contributed by atoms with van der Waals surface area (Å²) in [6.07, 6.45) is 1.43. The fraction of sp³-hybridized carbons (Fsp3) is 0. The van der Waals surface area contributed by atoms with Crippen LogP contribution in [0.5, 0.6) is 0 Å². The van der Waals surface area contributed by atoms with Gasteiger partial charge in [0.05, 0.1) is 0 Å². The molecule has 0 atom stereocenters. The number of nitrogen functional groups attached to an aromatic ring is 1. The van der Waals surface area contributed by atoms with Crippen LogP contribution in [-0.4, -0.2) is 9.97 Å². The molecule has 0 saturated heterocycles. The zero-order valence-electron chi connectivity index (χ0n) is 7.81. The minimum absolute atomic E-state index is 0.456. The van der Waals surface area contributed by atoms with E-state index < -0.39 is 0 Å². The first-order chi connectivity index (χ1) is 7.24. The zero-order valence-corrected chi connectivity index (χ0v) is 9.97. The Balaban J connectivity index is 2.18. The number of hydrogen-bond acceptors (Lipinski definition) is 4. The minimum atomic E-state index is 0.456. The average molecular weight is 312 g/mol. The van der Waals surface area contributed by atoms with Gasteiger partial charge in [-0.2, -0.15) is 0 Å². The average Bonchev–Trinajstić information content (AvgIpc) is 2.22. The van der Waals surface area contributed by atoms with Crippen molar-refractivity contribution < 1.29 is 0 Å². The maximum atomic E-state index is 5.54. The Morgan fingerprint density at radius 2 is 1.87 bits per heavy atom. The maximum absolute atomic E-state index is 5.54. The van der Waals surface area contributed by atoms with Crippen LogP contribution < -0.4 is 11.1 Å². The molecule has 0 amide bonds. The van der Waals surface area contributed by atoms with Crippen molar-refractivity contribution in [3.05, 3.63) is 40.2 Å². The molecule has 2 aromatic rings. The summed E-state index contributed by atoms with van der Waals surface area (Å²) in [4.78, 5) is 7.87. The lowest BCUT2D eigenvalue weighted by Crippen LogP contribution is -1.97. The summed E-state index contributed by atoms with van der Waals surface area (Å²) >= 11 is 2.26. The summed E-state index contributed by atoms with van der Waals surface area (Å²) in [5.74, 6) is 1.15. The van der Waals surface area contributed by atoms with E-state index in [1.807, 2.05) is 24.3 Å². The lowest BCUT2D eigenvalue weighted by atomic mass is 10.3. The second kappa shape index (κ2) is 4.43. The van der Waals surface area contributed by atoms with Crippen LogP contribution in [0.15, 0.2) is 36.7 Å². The number of nitrogens with zero attached hydrogens (tertiary/aromatic N) is 2. The first-order valence-corrected chi connectivity index (χ1v) is 5.42. The van der Waals surface area contributed by atoms with Crippen LogP contribution >= 0.6 is 22.6 Å². The Hall–Kier alpha value is -1.37. The molecule has 0 aliphatic heterocycles.